The van der Waals surface area contributed by atoms with Gasteiger partial charge in [-0.3, -0.25) is 4.79 Å². The molecule has 0 aromatic heterocycles. The smallest absolute Gasteiger partial charge is 0.144 e. The molecule has 1 rings (SSSR count). The summed E-state index contributed by atoms with van der Waals surface area (Å²) in [5, 5.41) is 9.56. The van der Waals surface area contributed by atoms with Crippen molar-refractivity contribution in [1.82, 2.24) is 0 Å². The molecule has 0 unspecified atom stereocenters. The molecule has 0 bridgehead atoms. The Morgan fingerprint density at radius 3 is 2.28 bits per heavy atom. The van der Waals surface area contributed by atoms with Gasteiger partial charge in [-0.25, -0.2) is 0 Å². The Balaban J connectivity index is 2.19. The second kappa shape index (κ2) is 7.93. The molecule has 1 aliphatic carbocycles. The molecular weight excluding hydrogens is 224 g/mol. The van der Waals surface area contributed by atoms with Gasteiger partial charge in [0.05, 0.1) is 12.0 Å². The fraction of sp³-hybridized carbons (Fsp3) is 0.938. The Bertz CT molecular complexity index is 249. The third-order valence-corrected chi connectivity index (χ3v) is 4.59. The molecule has 106 valence electrons. The summed E-state index contributed by atoms with van der Waals surface area (Å²) in [6, 6.07) is 0. The number of unbranched alkanes of at least 4 members (excludes halogenated alkanes) is 6. The lowest BCUT2D eigenvalue weighted by Crippen LogP contribution is -2.32. The highest BCUT2D eigenvalue weighted by Crippen LogP contribution is 2.41. The molecule has 2 nitrogen and oxygen atoms in total. The average Bonchev–Trinajstić information content (AvgIpc) is 2.67. The number of hydrogen-bond donors (Lipinski definition) is 1. The van der Waals surface area contributed by atoms with Gasteiger partial charge in [-0.05, 0) is 19.3 Å². The fourth-order valence-corrected chi connectivity index (χ4v) is 3.17. The maximum absolute atomic E-state index is 12.1. The van der Waals surface area contributed by atoms with Gasteiger partial charge < -0.3 is 5.11 Å². The maximum Gasteiger partial charge on any atom is 0.144 e. The monoisotopic (exact) mass is 254 g/mol. The summed E-state index contributed by atoms with van der Waals surface area (Å²) in [5.74, 6) is 0.484. The van der Waals surface area contributed by atoms with E-state index < -0.39 is 0 Å². The predicted octanol–water partition coefficient (Wildman–Crippen LogP) is 4.10. The van der Waals surface area contributed by atoms with Crippen LogP contribution in [-0.4, -0.2) is 17.5 Å². The van der Waals surface area contributed by atoms with Gasteiger partial charge in [-0.1, -0.05) is 58.8 Å². The quantitative estimate of drug-likeness (QED) is 0.629. The topological polar surface area (TPSA) is 37.3 Å². The zero-order valence-corrected chi connectivity index (χ0v) is 12.2. The number of aliphatic hydroxyl groups is 1. The molecule has 18 heavy (non-hydrogen) atoms. The van der Waals surface area contributed by atoms with Gasteiger partial charge in [-0.15, -0.1) is 0 Å². The largest absolute Gasteiger partial charge is 0.395 e. The van der Waals surface area contributed by atoms with Crippen LogP contribution in [0.3, 0.4) is 0 Å². The van der Waals surface area contributed by atoms with E-state index >= 15 is 0 Å². The van der Waals surface area contributed by atoms with Crippen molar-refractivity contribution in [2.75, 3.05) is 6.61 Å². The molecule has 0 saturated heterocycles. The lowest BCUT2D eigenvalue weighted by atomic mass is 9.80. The molecule has 1 saturated carbocycles. The Hall–Kier alpha value is -0.370. The molecule has 2 heteroatoms. The molecule has 0 spiro atoms. The second-order valence-corrected chi connectivity index (χ2v) is 6.11. The normalized spacial score (nSPS) is 27.9. The Labute approximate surface area is 112 Å². The number of ketones is 1. The van der Waals surface area contributed by atoms with Gasteiger partial charge in [0.25, 0.3) is 0 Å². The third-order valence-electron chi connectivity index (χ3n) is 4.59. The van der Waals surface area contributed by atoms with Crippen LogP contribution in [0.5, 0.6) is 0 Å². The summed E-state index contributed by atoms with van der Waals surface area (Å²) < 4.78 is 0. The highest BCUT2D eigenvalue weighted by atomic mass is 16.3. The third kappa shape index (κ3) is 4.08. The molecule has 0 amide bonds. The van der Waals surface area contributed by atoms with Gasteiger partial charge in [0.15, 0.2) is 0 Å². The molecule has 1 aliphatic rings. The first-order valence-electron chi connectivity index (χ1n) is 7.81. The number of aliphatic hydroxyl groups excluding tert-OH is 1. The molecular formula is C16H30O2. The molecule has 0 aromatic carbocycles. The summed E-state index contributed by atoms with van der Waals surface area (Å²) in [4.78, 5) is 12.1. The first-order chi connectivity index (χ1) is 8.66. The molecule has 2 atom stereocenters. The minimum absolute atomic E-state index is 0.0615. The highest BCUT2D eigenvalue weighted by molar-refractivity contribution is 5.88. The number of rotatable bonds is 9. The van der Waals surface area contributed by atoms with Gasteiger partial charge in [0, 0.05) is 5.92 Å². The summed E-state index contributed by atoms with van der Waals surface area (Å²) in [5.41, 5.74) is -0.372. The first-order valence-corrected chi connectivity index (χ1v) is 7.81. The van der Waals surface area contributed by atoms with Crippen LogP contribution in [-0.2, 0) is 4.79 Å². The minimum Gasteiger partial charge on any atom is -0.395 e. The Morgan fingerprint density at radius 2 is 1.78 bits per heavy atom. The second-order valence-electron chi connectivity index (χ2n) is 6.11. The van der Waals surface area contributed by atoms with Crippen molar-refractivity contribution in [3.05, 3.63) is 0 Å². The first kappa shape index (κ1) is 15.7. The molecule has 0 radical (unpaired) electrons. The number of carbonyl (C=O) groups excluding carboxylic acids is 1. The van der Waals surface area contributed by atoms with Crippen LogP contribution in [0.2, 0.25) is 0 Å². The van der Waals surface area contributed by atoms with Crippen molar-refractivity contribution >= 4 is 5.78 Å². The van der Waals surface area contributed by atoms with Crippen LogP contribution in [0, 0.1) is 11.3 Å². The fourth-order valence-electron chi connectivity index (χ4n) is 3.17. The van der Waals surface area contributed by atoms with Crippen molar-refractivity contribution < 1.29 is 9.90 Å². The van der Waals surface area contributed by atoms with E-state index in [0.717, 1.165) is 25.7 Å². The van der Waals surface area contributed by atoms with Crippen LogP contribution in [0.1, 0.15) is 78.1 Å². The SMILES string of the molecule is CCCCCCCCC[C@]1(CO)CC[C@@H](C)C1=O. The molecule has 0 aliphatic heterocycles. The lowest BCUT2D eigenvalue weighted by Gasteiger charge is -2.25. The van der Waals surface area contributed by atoms with Crippen LogP contribution >= 0.6 is 0 Å². The van der Waals surface area contributed by atoms with Crippen LogP contribution < -0.4 is 0 Å². The van der Waals surface area contributed by atoms with Crippen molar-refractivity contribution in [2.45, 2.75) is 78.1 Å². The van der Waals surface area contributed by atoms with E-state index in [1.165, 1.54) is 38.5 Å². The number of Topliss-reactive ketones (excluding diaryl/α,β-unsaturated/α-hetero) is 1. The highest BCUT2D eigenvalue weighted by Gasteiger charge is 2.44. The van der Waals surface area contributed by atoms with E-state index in [9.17, 15) is 9.90 Å². The van der Waals surface area contributed by atoms with Crippen molar-refractivity contribution in [2.24, 2.45) is 11.3 Å². The van der Waals surface area contributed by atoms with Crippen LogP contribution in [0.4, 0.5) is 0 Å². The van der Waals surface area contributed by atoms with Gasteiger partial charge in [0.1, 0.15) is 5.78 Å². The van der Waals surface area contributed by atoms with E-state index in [-0.39, 0.29) is 17.9 Å². The molecule has 1 fully saturated rings. The van der Waals surface area contributed by atoms with Crippen LogP contribution in [0.15, 0.2) is 0 Å². The zero-order chi connectivity index (χ0) is 13.4. The van der Waals surface area contributed by atoms with E-state index in [0.29, 0.717) is 5.78 Å². The summed E-state index contributed by atoms with van der Waals surface area (Å²) in [6.45, 7) is 4.30. The van der Waals surface area contributed by atoms with Gasteiger partial charge >= 0.3 is 0 Å². The van der Waals surface area contributed by atoms with Gasteiger partial charge in [0.2, 0.25) is 0 Å². The zero-order valence-electron chi connectivity index (χ0n) is 12.2. The van der Waals surface area contributed by atoms with Crippen molar-refractivity contribution in [3.63, 3.8) is 0 Å². The summed E-state index contributed by atoms with van der Waals surface area (Å²) >= 11 is 0. The molecule has 0 heterocycles. The van der Waals surface area contributed by atoms with E-state index in [2.05, 4.69) is 6.92 Å². The van der Waals surface area contributed by atoms with Crippen molar-refractivity contribution in [3.8, 4) is 0 Å². The van der Waals surface area contributed by atoms with E-state index in [1.807, 2.05) is 6.92 Å². The van der Waals surface area contributed by atoms with Crippen molar-refractivity contribution in [1.29, 1.82) is 0 Å². The molecule has 0 aromatic rings. The standard InChI is InChI=1S/C16H30O2/c1-3-4-5-6-7-8-9-11-16(13-17)12-10-14(2)15(16)18/h14,17H,3-13H2,1-2H3/t14-,16-/m1/s1. The molecule has 1 N–H and O–H groups in total. The Morgan fingerprint density at radius 1 is 1.17 bits per heavy atom. The van der Waals surface area contributed by atoms with Gasteiger partial charge in [-0.2, -0.15) is 0 Å². The predicted molar refractivity (Wildman–Crippen MR) is 75.5 cm³/mol. The summed E-state index contributed by atoms with van der Waals surface area (Å²) in [6.07, 6.45) is 11.7. The maximum atomic E-state index is 12.1. The average molecular weight is 254 g/mol. The van der Waals surface area contributed by atoms with Crippen LogP contribution in [0.25, 0.3) is 0 Å². The summed E-state index contributed by atoms with van der Waals surface area (Å²) in [7, 11) is 0. The lowest BCUT2D eigenvalue weighted by molar-refractivity contribution is -0.131. The number of carbonyl (C=O) groups is 1. The number of hydrogen-bond acceptors (Lipinski definition) is 2. The minimum atomic E-state index is -0.372. The van der Waals surface area contributed by atoms with E-state index in [1.54, 1.807) is 0 Å². The van der Waals surface area contributed by atoms with E-state index in [4.69, 9.17) is 0 Å². The Kier molecular flexibility index (Phi) is 6.91.